The average molecular weight is 401 g/mol. The van der Waals surface area contributed by atoms with Gasteiger partial charge in [-0.1, -0.05) is 49.4 Å². The number of benzene rings is 3. The van der Waals surface area contributed by atoms with Crippen LogP contribution in [0.1, 0.15) is 29.2 Å². The van der Waals surface area contributed by atoms with Crippen LogP contribution in [-0.4, -0.2) is 17.4 Å². The molecule has 0 unspecified atom stereocenters. The molecule has 0 saturated heterocycles. The van der Waals surface area contributed by atoms with Crippen LogP contribution >= 0.6 is 0 Å². The third kappa shape index (κ3) is 6.00. The van der Waals surface area contributed by atoms with Gasteiger partial charge in [0.2, 0.25) is 5.91 Å². The lowest BCUT2D eigenvalue weighted by Gasteiger charge is -2.22. The van der Waals surface area contributed by atoms with Gasteiger partial charge >= 0.3 is 0 Å². The minimum Gasteiger partial charge on any atom is -0.325 e. The maximum absolute atomic E-state index is 13.6. The third-order valence-electron chi connectivity index (χ3n) is 4.82. The first-order valence-electron chi connectivity index (χ1n) is 9.91. The van der Waals surface area contributed by atoms with E-state index in [0.717, 1.165) is 28.8 Å². The van der Waals surface area contributed by atoms with E-state index in [9.17, 15) is 9.18 Å². The Kier molecular flexibility index (Phi) is 7.31. The second kappa shape index (κ2) is 10.3. The van der Waals surface area contributed by atoms with Crippen LogP contribution in [0.25, 0.3) is 0 Å². The van der Waals surface area contributed by atoms with E-state index in [1.54, 1.807) is 18.2 Å². The third-order valence-corrected chi connectivity index (χ3v) is 4.82. The molecule has 0 atom stereocenters. The highest BCUT2D eigenvalue weighted by molar-refractivity contribution is 5.93. The minimum atomic E-state index is -0.299. The van der Waals surface area contributed by atoms with Crippen LogP contribution in [0, 0.1) is 17.1 Å². The van der Waals surface area contributed by atoms with E-state index in [2.05, 4.69) is 11.4 Å². The molecule has 3 aromatic rings. The van der Waals surface area contributed by atoms with Crippen LogP contribution in [0.3, 0.4) is 0 Å². The van der Waals surface area contributed by atoms with Gasteiger partial charge in [-0.2, -0.15) is 5.26 Å². The molecule has 30 heavy (non-hydrogen) atoms. The quantitative estimate of drug-likeness (QED) is 0.584. The van der Waals surface area contributed by atoms with Crippen molar-refractivity contribution in [3.05, 3.63) is 101 Å². The molecule has 3 aromatic carbocycles. The van der Waals surface area contributed by atoms with E-state index < -0.39 is 0 Å². The molecular weight excluding hydrogens is 377 g/mol. The summed E-state index contributed by atoms with van der Waals surface area (Å²) in [6.07, 6.45) is 0.828. The van der Waals surface area contributed by atoms with Gasteiger partial charge in [-0.05, 0) is 53.4 Å². The molecular formula is C25H24FN3O. The zero-order chi connectivity index (χ0) is 21.3. The summed E-state index contributed by atoms with van der Waals surface area (Å²) in [5, 5.41) is 12.0. The van der Waals surface area contributed by atoms with Crippen molar-refractivity contribution in [2.24, 2.45) is 0 Å². The summed E-state index contributed by atoms with van der Waals surface area (Å²) in [5.41, 5.74) is 4.26. The number of para-hydroxylation sites is 1. The van der Waals surface area contributed by atoms with Crippen molar-refractivity contribution in [3.8, 4) is 6.07 Å². The zero-order valence-corrected chi connectivity index (χ0v) is 16.9. The number of aryl methyl sites for hydroxylation is 1. The fraction of sp³-hybridized carbons (Fsp3) is 0.200. The summed E-state index contributed by atoms with van der Waals surface area (Å²) >= 11 is 0. The number of nitriles is 1. The second-order valence-electron chi connectivity index (χ2n) is 7.14. The normalized spacial score (nSPS) is 10.6. The first-order chi connectivity index (χ1) is 14.6. The molecule has 0 aliphatic heterocycles. The number of nitrogens with one attached hydrogen (secondary N) is 1. The fourth-order valence-corrected chi connectivity index (χ4v) is 3.35. The predicted octanol–water partition coefficient (Wildman–Crippen LogP) is 4.90. The Labute approximate surface area is 176 Å². The Balaban J connectivity index is 1.75. The topological polar surface area (TPSA) is 56.1 Å². The maximum Gasteiger partial charge on any atom is 0.238 e. The Hall–Kier alpha value is -3.49. The van der Waals surface area contributed by atoms with Crippen molar-refractivity contribution >= 4 is 11.6 Å². The molecule has 0 fully saturated rings. The zero-order valence-electron chi connectivity index (χ0n) is 16.9. The minimum absolute atomic E-state index is 0.124. The van der Waals surface area contributed by atoms with E-state index in [0.29, 0.717) is 18.7 Å². The molecule has 0 spiro atoms. The number of rotatable bonds is 8. The highest BCUT2D eigenvalue weighted by Crippen LogP contribution is 2.16. The van der Waals surface area contributed by atoms with Crippen molar-refractivity contribution in [1.29, 1.82) is 5.26 Å². The van der Waals surface area contributed by atoms with Crippen molar-refractivity contribution in [1.82, 2.24) is 4.90 Å². The first kappa shape index (κ1) is 21.2. The van der Waals surface area contributed by atoms with Gasteiger partial charge < -0.3 is 5.32 Å². The van der Waals surface area contributed by atoms with Gasteiger partial charge in [0.1, 0.15) is 5.82 Å². The van der Waals surface area contributed by atoms with Crippen LogP contribution in [0.2, 0.25) is 0 Å². The van der Waals surface area contributed by atoms with Gasteiger partial charge in [0.25, 0.3) is 0 Å². The molecule has 0 aromatic heterocycles. The number of hydrogen-bond acceptors (Lipinski definition) is 3. The molecule has 3 rings (SSSR count). The molecule has 1 N–H and O–H groups in total. The van der Waals surface area contributed by atoms with E-state index in [1.165, 1.54) is 12.1 Å². The van der Waals surface area contributed by atoms with Crippen molar-refractivity contribution in [2.45, 2.75) is 26.4 Å². The SMILES string of the molecule is CCc1ccccc1NC(=O)CN(Cc1ccc(C#N)cc1)Cc1cccc(F)c1. The van der Waals surface area contributed by atoms with E-state index in [-0.39, 0.29) is 18.3 Å². The Bertz CT molecular complexity index is 1040. The second-order valence-corrected chi connectivity index (χ2v) is 7.14. The Morgan fingerprint density at radius 2 is 1.73 bits per heavy atom. The molecule has 0 bridgehead atoms. The lowest BCUT2D eigenvalue weighted by molar-refractivity contribution is -0.117. The lowest BCUT2D eigenvalue weighted by atomic mass is 10.1. The molecule has 0 aliphatic carbocycles. The molecule has 4 nitrogen and oxygen atoms in total. The van der Waals surface area contributed by atoms with Crippen LogP contribution in [-0.2, 0) is 24.3 Å². The molecule has 0 aliphatic rings. The number of amides is 1. The number of halogens is 1. The fourth-order valence-electron chi connectivity index (χ4n) is 3.35. The number of hydrogen-bond donors (Lipinski definition) is 1. The molecule has 1 amide bonds. The van der Waals surface area contributed by atoms with Crippen molar-refractivity contribution in [3.63, 3.8) is 0 Å². The van der Waals surface area contributed by atoms with Crippen LogP contribution in [0.15, 0.2) is 72.8 Å². The maximum atomic E-state index is 13.6. The number of carbonyl (C=O) groups excluding carboxylic acids is 1. The van der Waals surface area contributed by atoms with Crippen molar-refractivity contribution < 1.29 is 9.18 Å². The van der Waals surface area contributed by atoms with Gasteiger partial charge in [0, 0.05) is 18.8 Å². The first-order valence-corrected chi connectivity index (χ1v) is 9.91. The van der Waals surface area contributed by atoms with Crippen molar-refractivity contribution in [2.75, 3.05) is 11.9 Å². The molecule has 152 valence electrons. The molecule has 0 radical (unpaired) electrons. The monoisotopic (exact) mass is 401 g/mol. The average Bonchev–Trinajstić information content (AvgIpc) is 2.74. The molecule has 5 heteroatoms. The van der Waals surface area contributed by atoms with Gasteiger partial charge in [0.05, 0.1) is 18.2 Å². The highest BCUT2D eigenvalue weighted by Gasteiger charge is 2.14. The number of nitrogens with zero attached hydrogens (tertiary/aromatic N) is 2. The summed E-state index contributed by atoms with van der Waals surface area (Å²) in [6, 6.07) is 23.5. The summed E-state index contributed by atoms with van der Waals surface area (Å²) in [5.74, 6) is -0.423. The van der Waals surface area contributed by atoms with E-state index >= 15 is 0 Å². The number of anilines is 1. The highest BCUT2D eigenvalue weighted by atomic mass is 19.1. The summed E-state index contributed by atoms with van der Waals surface area (Å²) in [7, 11) is 0. The van der Waals surface area contributed by atoms with E-state index in [1.807, 2.05) is 54.3 Å². The number of carbonyl (C=O) groups is 1. The summed E-state index contributed by atoms with van der Waals surface area (Å²) in [6.45, 7) is 3.15. The summed E-state index contributed by atoms with van der Waals surface area (Å²) in [4.78, 5) is 14.7. The Morgan fingerprint density at radius 3 is 2.43 bits per heavy atom. The summed E-state index contributed by atoms with van der Waals surface area (Å²) < 4.78 is 13.6. The smallest absolute Gasteiger partial charge is 0.238 e. The van der Waals surface area contributed by atoms with Gasteiger partial charge in [-0.15, -0.1) is 0 Å². The predicted molar refractivity (Wildman–Crippen MR) is 116 cm³/mol. The lowest BCUT2D eigenvalue weighted by Crippen LogP contribution is -2.32. The van der Waals surface area contributed by atoms with Gasteiger partial charge in [0.15, 0.2) is 0 Å². The van der Waals surface area contributed by atoms with Crippen LogP contribution < -0.4 is 5.32 Å². The molecule has 0 saturated carbocycles. The Morgan fingerprint density at radius 1 is 1.00 bits per heavy atom. The largest absolute Gasteiger partial charge is 0.325 e. The van der Waals surface area contributed by atoms with Crippen LogP contribution in [0.4, 0.5) is 10.1 Å². The van der Waals surface area contributed by atoms with Crippen LogP contribution in [0.5, 0.6) is 0 Å². The van der Waals surface area contributed by atoms with Gasteiger partial charge in [-0.25, -0.2) is 4.39 Å². The standard InChI is InChI=1S/C25H24FN3O/c1-2-22-7-3-4-9-24(22)28-25(30)18-29(17-21-6-5-8-23(26)14-21)16-20-12-10-19(15-27)11-13-20/h3-14H,2,16-18H2,1H3,(H,28,30). The van der Waals surface area contributed by atoms with Gasteiger partial charge in [-0.3, -0.25) is 9.69 Å². The molecule has 0 heterocycles. The van der Waals surface area contributed by atoms with E-state index in [4.69, 9.17) is 5.26 Å².